The Hall–Kier alpha value is -2.98. The molecule has 3 atom stereocenters. The molecule has 1 saturated heterocycles. The molecule has 2 unspecified atom stereocenters. The Morgan fingerprint density at radius 1 is 1.13 bits per heavy atom. The number of fused-ring (bicyclic) bond motifs is 2. The Labute approximate surface area is 219 Å². The number of hydrogen-bond acceptors (Lipinski definition) is 5. The minimum Gasteiger partial charge on any atom is -0.384 e. The number of rotatable bonds is 6. The lowest BCUT2D eigenvalue weighted by Gasteiger charge is -2.44. The second kappa shape index (κ2) is 10.3. The van der Waals surface area contributed by atoms with Gasteiger partial charge in [-0.3, -0.25) is 19.5 Å². The van der Waals surface area contributed by atoms with Crippen molar-refractivity contribution in [2.75, 3.05) is 19.6 Å². The largest absolute Gasteiger partial charge is 0.416 e. The molecule has 2 bridgehead atoms. The standard InChI is InChI=1S/C28H33F3N4O3/c1-17-5-8-23(32-14-17)27(38)12-19-6-7-20(13-27)25(19)35-10-9-22(16-35)34-24(36)15-33-26(37)18-3-2-4-21(11-18)28(29,30)31/h2-5,8,11,14,19-20,22,25,38H,6-7,9-10,12-13,15-16H2,1H3,(H,33,37)(H,34,36)/t19?,20?,22-,25?,27?/m1/s1. The van der Waals surface area contributed by atoms with E-state index in [4.69, 9.17) is 0 Å². The number of nitrogens with one attached hydrogen (secondary N) is 2. The summed E-state index contributed by atoms with van der Waals surface area (Å²) in [6.07, 6.45) is 1.54. The molecule has 2 amide bonds. The number of carbonyl (C=O) groups is 2. The quantitative estimate of drug-likeness (QED) is 0.532. The highest BCUT2D eigenvalue weighted by Gasteiger charge is 2.52. The fourth-order valence-corrected chi connectivity index (χ4v) is 6.65. The summed E-state index contributed by atoms with van der Waals surface area (Å²) in [5, 5.41) is 16.8. The summed E-state index contributed by atoms with van der Waals surface area (Å²) in [5.41, 5.74) is -0.146. The molecule has 3 fully saturated rings. The van der Waals surface area contributed by atoms with E-state index >= 15 is 0 Å². The number of aromatic nitrogens is 1. The smallest absolute Gasteiger partial charge is 0.384 e. The maximum Gasteiger partial charge on any atom is 0.416 e. The lowest BCUT2D eigenvalue weighted by Crippen LogP contribution is -2.50. The van der Waals surface area contributed by atoms with Gasteiger partial charge in [0.15, 0.2) is 0 Å². The first-order chi connectivity index (χ1) is 18.0. The molecule has 204 valence electrons. The van der Waals surface area contributed by atoms with Crippen molar-refractivity contribution in [3.05, 3.63) is 65.0 Å². The molecule has 7 nitrogen and oxygen atoms in total. The van der Waals surface area contributed by atoms with Crippen LogP contribution in [0.2, 0.25) is 0 Å². The Kier molecular flexibility index (Phi) is 7.21. The van der Waals surface area contributed by atoms with E-state index in [9.17, 15) is 27.9 Å². The van der Waals surface area contributed by atoms with Crippen molar-refractivity contribution in [3.8, 4) is 0 Å². The van der Waals surface area contributed by atoms with Gasteiger partial charge in [-0.15, -0.1) is 0 Å². The van der Waals surface area contributed by atoms with E-state index in [1.54, 1.807) is 6.20 Å². The van der Waals surface area contributed by atoms with Crippen LogP contribution in [-0.2, 0) is 16.6 Å². The van der Waals surface area contributed by atoms with Crippen LogP contribution in [0.4, 0.5) is 13.2 Å². The number of pyridine rings is 1. The summed E-state index contributed by atoms with van der Waals surface area (Å²) in [7, 11) is 0. The zero-order valence-electron chi connectivity index (χ0n) is 21.3. The maximum absolute atomic E-state index is 12.9. The molecule has 5 rings (SSSR count). The number of hydrogen-bond donors (Lipinski definition) is 3. The van der Waals surface area contributed by atoms with Crippen molar-refractivity contribution in [3.63, 3.8) is 0 Å². The zero-order chi connectivity index (χ0) is 27.1. The number of aryl methyl sites for hydroxylation is 1. The van der Waals surface area contributed by atoms with Crippen LogP contribution in [0.5, 0.6) is 0 Å². The van der Waals surface area contributed by atoms with E-state index in [2.05, 4.69) is 20.5 Å². The first kappa shape index (κ1) is 26.6. The highest BCUT2D eigenvalue weighted by molar-refractivity contribution is 5.96. The highest BCUT2D eigenvalue weighted by atomic mass is 19.4. The molecule has 10 heteroatoms. The average Bonchev–Trinajstić information content (AvgIpc) is 3.44. The van der Waals surface area contributed by atoms with Crippen LogP contribution in [-0.4, -0.2) is 58.5 Å². The molecule has 1 aromatic heterocycles. The van der Waals surface area contributed by atoms with Gasteiger partial charge in [0.25, 0.3) is 5.91 Å². The fourth-order valence-electron chi connectivity index (χ4n) is 6.65. The number of amides is 2. The molecular weight excluding hydrogens is 497 g/mol. The lowest BCUT2D eigenvalue weighted by molar-refractivity contribution is -0.137. The van der Waals surface area contributed by atoms with Crippen molar-refractivity contribution < 1.29 is 27.9 Å². The normalized spacial score (nSPS) is 29.3. The first-order valence-electron chi connectivity index (χ1n) is 13.2. The zero-order valence-corrected chi connectivity index (χ0v) is 21.3. The topological polar surface area (TPSA) is 94.6 Å². The number of benzene rings is 1. The molecule has 1 aromatic carbocycles. The van der Waals surface area contributed by atoms with Gasteiger partial charge in [-0.25, -0.2) is 0 Å². The third kappa shape index (κ3) is 5.56. The summed E-state index contributed by atoms with van der Waals surface area (Å²) in [5.74, 6) is -0.372. The maximum atomic E-state index is 12.9. The third-order valence-electron chi connectivity index (χ3n) is 8.33. The van der Waals surface area contributed by atoms with Crippen LogP contribution in [0.15, 0.2) is 42.6 Å². The van der Waals surface area contributed by atoms with E-state index in [-0.39, 0.29) is 24.1 Å². The average molecular weight is 531 g/mol. The summed E-state index contributed by atoms with van der Waals surface area (Å²) < 4.78 is 38.7. The van der Waals surface area contributed by atoms with Gasteiger partial charge >= 0.3 is 6.18 Å². The van der Waals surface area contributed by atoms with E-state index in [1.165, 1.54) is 12.1 Å². The predicted molar refractivity (Wildman–Crippen MR) is 134 cm³/mol. The van der Waals surface area contributed by atoms with Gasteiger partial charge in [-0.2, -0.15) is 13.2 Å². The summed E-state index contributed by atoms with van der Waals surface area (Å²) in [6.45, 7) is 3.22. The summed E-state index contributed by atoms with van der Waals surface area (Å²) >= 11 is 0. The molecule has 2 aliphatic carbocycles. The van der Waals surface area contributed by atoms with Crippen molar-refractivity contribution in [1.29, 1.82) is 0 Å². The Bertz CT molecular complexity index is 1170. The van der Waals surface area contributed by atoms with Gasteiger partial charge < -0.3 is 15.7 Å². The Morgan fingerprint density at radius 3 is 2.53 bits per heavy atom. The number of halogens is 3. The summed E-state index contributed by atoms with van der Waals surface area (Å²) in [6, 6.07) is 8.35. The minimum atomic E-state index is -4.55. The number of carbonyl (C=O) groups excluding carboxylic acids is 2. The van der Waals surface area contributed by atoms with E-state index in [1.807, 2.05) is 19.1 Å². The SMILES string of the molecule is Cc1ccc(C2(O)CC3CCC(C2)C3N2CC[C@@H](NC(=O)CNC(=O)c3cccc(C(F)(F)F)c3)C2)nc1. The molecule has 2 heterocycles. The third-order valence-corrected chi connectivity index (χ3v) is 8.33. The molecule has 3 N–H and O–H groups in total. The van der Waals surface area contributed by atoms with Crippen LogP contribution in [0.1, 0.15) is 59.3 Å². The van der Waals surface area contributed by atoms with Crippen molar-refractivity contribution in [1.82, 2.24) is 20.5 Å². The van der Waals surface area contributed by atoms with E-state index in [0.717, 1.165) is 49.2 Å². The Morgan fingerprint density at radius 2 is 1.87 bits per heavy atom. The van der Waals surface area contributed by atoms with Crippen LogP contribution < -0.4 is 10.6 Å². The van der Waals surface area contributed by atoms with Gasteiger partial charge in [-0.1, -0.05) is 12.1 Å². The first-order valence-corrected chi connectivity index (χ1v) is 13.2. The van der Waals surface area contributed by atoms with Gasteiger partial charge in [0, 0.05) is 36.9 Å². The van der Waals surface area contributed by atoms with Crippen LogP contribution >= 0.6 is 0 Å². The second-order valence-electron chi connectivity index (χ2n) is 11.1. The van der Waals surface area contributed by atoms with Gasteiger partial charge in [0.2, 0.25) is 5.91 Å². The number of likely N-dealkylation sites (tertiary alicyclic amines) is 1. The van der Waals surface area contributed by atoms with Crippen molar-refractivity contribution >= 4 is 11.8 Å². The monoisotopic (exact) mass is 530 g/mol. The number of alkyl halides is 3. The number of nitrogens with zero attached hydrogens (tertiary/aromatic N) is 2. The second-order valence-corrected chi connectivity index (χ2v) is 11.1. The minimum absolute atomic E-state index is 0.0630. The number of aliphatic hydroxyl groups is 1. The van der Waals surface area contributed by atoms with Gasteiger partial charge in [0.1, 0.15) is 5.60 Å². The van der Waals surface area contributed by atoms with Gasteiger partial charge in [-0.05, 0) is 80.7 Å². The predicted octanol–water partition coefficient (Wildman–Crippen LogP) is 3.41. The van der Waals surface area contributed by atoms with Crippen molar-refractivity contribution in [2.24, 2.45) is 11.8 Å². The summed E-state index contributed by atoms with van der Waals surface area (Å²) in [4.78, 5) is 31.7. The fraction of sp³-hybridized carbons (Fsp3) is 0.536. The van der Waals surface area contributed by atoms with E-state index < -0.39 is 23.2 Å². The molecule has 3 aliphatic rings. The Balaban J connectivity index is 1.12. The van der Waals surface area contributed by atoms with Crippen LogP contribution in [0.3, 0.4) is 0 Å². The molecule has 2 saturated carbocycles. The molecule has 38 heavy (non-hydrogen) atoms. The molecule has 1 aliphatic heterocycles. The molecule has 0 radical (unpaired) electrons. The van der Waals surface area contributed by atoms with E-state index in [0.29, 0.717) is 37.3 Å². The van der Waals surface area contributed by atoms with Crippen molar-refractivity contribution in [2.45, 2.75) is 62.9 Å². The lowest BCUT2D eigenvalue weighted by atomic mass is 9.72. The van der Waals surface area contributed by atoms with Crippen LogP contribution in [0.25, 0.3) is 0 Å². The molecular formula is C28H33F3N4O3. The molecule has 2 aromatic rings. The highest BCUT2D eigenvalue weighted by Crippen LogP contribution is 2.52. The molecule has 0 spiro atoms. The van der Waals surface area contributed by atoms with Crippen LogP contribution in [0, 0.1) is 18.8 Å². The van der Waals surface area contributed by atoms with Gasteiger partial charge in [0.05, 0.1) is 17.8 Å².